The van der Waals surface area contributed by atoms with E-state index in [0.717, 1.165) is 25.9 Å². The van der Waals surface area contributed by atoms with E-state index in [1.165, 1.54) is 6.42 Å². The molecule has 0 aromatic heterocycles. The summed E-state index contributed by atoms with van der Waals surface area (Å²) in [5.74, 6) is -0.434. The molecule has 2 aliphatic heterocycles. The van der Waals surface area contributed by atoms with Gasteiger partial charge in [-0.25, -0.2) is 0 Å². The second kappa shape index (κ2) is 7.99. The molecule has 1 N–H and O–H groups in total. The molecule has 0 unspecified atom stereocenters. The van der Waals surface area contributed by atoms with E-state index < -0.39 is 18.6 Å². The summed E-state index contributed by atoms with van der Waals surface area (Å²) in [6.45, 7) is 1.47. The molecule has 0 atom stereocenters. The van der Waals surface area contributed by atoms with Crippen LogP contribution in [-0.4, -0.2) is 67.1 Å². The molecule has 0 bridgehead atoms. The number of piperidine rings is 2. The SMILES string of the molecule is O=C(CN1CCC(C(=O)N2CCCCC2)CC1)NCC(F)(F)F. The maximum atomic E-state index is 12.4. The number of rotatable bonds is 4. The molecule has 8 heteroatoms. The number of likely N-dealkylation sites (tertiary alicyclic amines) is 2. The average molecular weight is 335 g/mol. The largest absolute Gasteiger partial charge is 0.405 e. The monoisotopic (exact) mass is 335 g/mol. The van der Waals surface area contributed by atoms with Crippen molar-refractivity contribution < 1.29 is 22.8 Å². The maximum Gasteiger partial charge on any atom is 0.405 e. The zero-order chi connectivity index (χ0) is 16.9. The number of alkyl halides is 3. The first-order valence-corrected chi connectivity index (χ1v) is 8.20. The Bertz CT molecular complexity index is 415. The van der Waals surface area contributed by atoms with Crippen molar-refractivity contribution in [3.63, 3.8) is 0 Å². The highest BCUT2D eigenvalue weighted by Crippen LogP contribution is 2.21. The van der Waals surface area contributed by atoms with Crippen molar-refractivity contribution in [1.29, 1.82) is 0 Å². The van der Waals surface area contributed by atoms with Crippen LogP contribution in [0.2, 0.25) is 0 Å². The van der Waals surface area contributed by atoms with E-state index in [9.17, 15) is 22.8 Å². The predicted molar refractivity (Wildman–Crippen MR) is 78.7 cm³/mol. The van der Waals surface area contributed by atoms with E-state index in [2.05, 4.69) is 0 Å². The van der Waals surface area contributed by atoms with Gasteiger partial charge in [-0.05, 0) is 45.2 Å². The first kappa shape index (κ1) is 18.0. The van der Waals surface area contributed by atoms with Crippen molar-refractivity contribution >= 4 is 11.8 Å². The number of amides is 2. The third kappa shape index (κ3) is 6.01. The van der Waals surface area contributed by atoms with Gasteiger partial charge in [0.25, 0.3) is 0 Å². The number of hydrogen-bond donors (Lipinski definition) is 1. The van der Waals surface area contributed by atoms with Crippen LogP contribution in [0.15, 0.2) is 0 Å². The van der Waals surface area contributed by atoms with Crippen LogP contribution in [0.5, 0.6) is 0 Å². The molecule has 132 valence electrons. The number of carbonyl (C=O) groups excluding carboxylic acids is 2. The molecule has 2 rings (SSSR count). The quantitative estimate of drug-likeness (QED) is 0.845. The van der Waals surface area contributed by atoms with Gasteiger partial charge in [0, 0.05) is 19.0 Å². The van der Waals surface area contributed by atoms with Crippen LogP contribution in [0, 0.1) is 5.92 Å². The fourth-order valence-corrected chi connectivity index (χ4v) is 3.17. The Morgan fingerprint density at radius 1 is 1.00 bits per heavy atom. The topological polar surface area (TPSA) is 52.7 Å². The lowest BCUT2D eigenvalue weighted by Gasteiger charge is -2.35. The van der Waals surface area contributed by atoms with Gasteiger partial charge in [-0.2, -0.15) is 13.2 Å². The molecule has 5 nitrogen and oxygen atoms in total. The molecule has 0 saturated carbocycles. The second-order valence-corrected chi connectivity index (χ2v) is 6.33. The Labute approximate surface area is 134 Å². The van der Waals surface area contributed by atoms with Crippen molar-refractivity contribution in [2.24, 2.45) is 5.92 Å². The minimum atomic E-state index is -4.39. The highest BCUT2D eigenvalue weighted by atomic mass is 19.4. The second-order valence-electron chi connectivity index (χ2n) is 6.33. The third-order valence-electron chi connectivity index (χ3n) is 4.46. The Balaban J connectivity index is 1.69. The van der Waals surface area contributed by atoms with Crippen LogP contribution < -0.4 is 5.32 Å². The van der Waals surface area contributed by atoms with E-state index in [1.54, 1.807) is 0 Å². The predicted octanol–water partition coefficient (Wildman–Crippen LogP) is 1.39. The molecule has 2 heterocycles. The number of carbonyl (C=O) groups is 2. The van der Waals surface area contributed by atoms with Gasteiger partial charge >= 0.3 is 6.18 Å². The van der Waals surface area contributed by atoms with E-state index >= 15 is 0 Å². The zero-order valence-electron chi connectivity index (χ0n) is 13.2. The summed E-state index contributed by atoms with van der Waals surface area (Å²) in [6, 6.07) is 0. The third-order valence-corrected chi connectivity index (χ3v) is 4.46. The van der Waals surface area contributed by atoms with Crippen LogP contribution in [0.1, 0.15) is 32.1 Å². The van der Waals surface area contributed by atoms with Crippen LogP contribution in [0.4, 0.5) is 13.2 Å². The Morgan fingerprint density at radius 3 is 2.17 bits per heavy atom. The van der Waals surface area contributed by atoms with Crippen molar-refractivity contribution in [3.05, 3.63) is 0 Å². The number of nitrogens with one attached hydrogen (secondary N) is 1. The molecule has 0 aliphatic carbocycles. The fourth-order valence-electron chi connectivity index (χ4n) is 3.17. The van der Waals surface area contributed by atoms with E-state index in [1.807, 2.05) is 15.1 Å². The highest BCUT2D eigenvalue weighted by molar-refractivity contribution is 5.79. The Hall–Kier alpha value is -1.31. The summed E-state index contributed by atoms with van der Waals surface area (Å²) >= 11 is 0. The smallest absolute Gasteiger partial charge is 0.346 e. The van der Waals surface area contributed by atoms with Gasteiger partial charge in [-0.3, -0.25) is 14.5 Å². The maximum absolute atomic E-state index is 12.4. The van der Waals surface area contributed by atoms with Crippen LogP contribution >= 0.6 is 0 Å². The van der Waals surface area contributed by atoms with Gasteiger partial charge in [0.1, 0.15) is 6.54 Å². The first-order valence-electron chi connectivity index (χ1n) is 8.20. The summed E-state index contributed by atoms with van der Waals surface area (Å²) in [4.78, 5) is 27.6. The lowest BCUT2D eigenvalue weighted by atomic mass is 9.94. The van der Waals surface area contributed by atoms with Gasteiger partial charge in [0.2, 0.25) is 11.8 Å². The number of hydrogen-bond acceptors (Lipinski definition) is 3. The number of halogens is 3. The van der Waals surface area contributed by atoms with Crippen molar-refractivity contribution in [2.45, 2.75) is 38.3 Å². The standard InChI is InChI=1S/C15H24F3N3O2/c16-15(17,18)11-19-13(22)10-20-8-4-12(5-9-20)14(23)21-6-2-1-3-7-21/h12H,1-11H2,(H,19,22). The van der Waals surface area contributed by atoms with E-state index in [4.69, 9.17) is 0 Å². The molecule has 23 heavy (non-hydrogen) atoms. The molecular weight excluding hydrogens is 311 g/mol. The van der Waals surface area contributed by atoms with E-state index in [-0.39, 0.29) is 18.4 Å². The fraction of sp³-hybridized carbons (Fsp3) is 0.867. The van der Waals surface area contributed by atoms with Gasteiger partial charge in [0.05, 0.1) is 6.54 Å². The minimum absolute atomic E-state index is 0.0115. The molecule has 2 fully saturated rings. The van der Waals surface area contributed by atoms with Gasteiger partial charge in [-0.15, -0.1) is 0 Å². The summed E-state index contributed by atoms with van der Waals surface area (Å²) in [7, 11) is 0. The summed E-state index contributed by atoms with van der Waals surface area (Å²) in [6.07, 6.45) is 0.246. The van der Waals surface area contributed by atoms with Crippen LogP contribution in [0.25, 0.3) is 0 Å². The van der Waals surface area contributed by atoms with Crippen molar-refractivity contribution in [3.8, 4) is 0 Å². The Morgan fingerprint density at radius 2 is 1.61 bits per heavy atom. The highest BCUT2D eigenvalue weighted by Gasteiger charge is 2.31. The Kier molecular flexibility index (Phi) is 6.26. The van der Waals surface area contributed by atoms with E-state index in [0.29, 0.717) is 25.9 Å². The molecule has 0 aromatic rings. The van der Waals surface area contributed by atoms with Crippen LogP contribution in [-0.2, 0) is 9.59 Å². The van der Waals surface area contributed by atoms with Gasteiger partial charge < -0.3 is 10.2 Å². The molecule has 2 saturated heterocycles. The normalized spacial score (nSPS) is 21.3. The summed E-state index contributed by atoms with van der Waals surface area (Å²) in [5, 5.41) is 1.87. The molecule has 2 amide bonds. The zero-order valence-corrected chi connectivity index (χ0v) is 13.2. The lowest BCUT2D eigenvalue weighted by Crippen LogP contribution is -2.47. The average Bonchev–Trinajstić information content (AvgIpc) is 2.53. The first-order chi connectivity index (χ1) is 10.8. The van der Waals surface area contributed by atoms with Crippen molar-refractivity contribution in [1.82, 2.24) is 15.1 Å². The summed E-state index contributed by atoms with van der Waals surface area (Å²) < 4.78 is 36.1. The minimum Gasteiger partial charge on any atom is -0.346 e. The molecule has 0 aromatic carbocycles. The molecular formula is C15H24F3N3O2. The van der Waals surface area contributed by atoms with Gasteiger partial charge in [-0.1, -0.05) is 0 Å². The molecule has 0 spiro atoms. The molecule has 2 aliphatic rings. The van der Waals surface area contributed by atoms with Crippen LogP contribution in [0.3, 0.4) is 0 Å². The number of nitrogens with zero attached hydrogens (tertiary/aromatic N) is 2. The van der Waals surface area contributed by atoms with Gasteiger partial charge in [0.15, 0.2) is 0 Å². The van der Waals surface area contributed by atoms with Crippen molar-refractivity contribution in [2.75, 3.05) is 39.3 Å². The lowest BCUT2D eigenvalue weighted by molar-refractivity contribution is -0.140. The summed E-state index contributed by atoms with van der Waals surface area (Å²) in [5.41, 5.74) is 0. The molecule has 0 radical (unpaired) electrons.